The lowest BCUT2D eigenvalue weighted by Crippen LogP contribution is -2.26. The zero-order valence-electron chi connectivity index (χ0n) is 8.05. The van der Waals surface area contributed by atoms with Crippen molar-refractivity contribution in [1.29, 1.82) is 0 Å². The molecule has 3 rings (SSSR count). The van der Waals surface area contributed by atoms with Crippen molar-refractivity contribution in [3.05, 3.63) is 12.7 Å². The first kappa shape index (κ1) is 7.54. The predicted molar refractivity (Wildman–Crippen MR) is 50.6 cm³/mol. The van der Waals surface area contributed by atoms with Crippen molar-refractivity contribution in [3.63, 3.8) is 0 Å². The van der Waals surface area contributed by atoms with Gasteiger partial charge in [0.25, 0.3) is 0 Å². The van der Waals surface area contributed by atoms with Crippen LogP contribution < -0.4 is 4.90 Å². The van der Waals surface area contributed by atoms with E-state index in [0.717, 1.165) is 24.0 Å². The van der Waals surface area contributed by atoms with Gasteiger partial charge >= 0.3 is 0 Å². The number of nitrogens with zero attached hydrogens (tertiary/aromatic N) is 6. The highest BCUT2D eigenvalue weighted by molar-refractivity contribution is 5.69. The van der Waals surface area contributed by atoms with Crippen LogP contribution in [0.5, 0.6) is 0 Å². The Kier molecular flexibility index (Phi) is 1.26. The summed E-state index contributed by atoms with van der Waals surface area (Å²) in [6, 6.07) is 0. The predicted octanol–water partition coefficient (Wildman–Crippen LogP) is 0.0859. The molecule has 2 aromatic heterocycles. The summed E-state index contributed by atoms with van der Waals surface area (Å²) < 4.78 is 3.97. The third-order valence-electron chi connectivity index (χ3n) is 2.47. The molecule has 72 valence electrons. The highest BCUT2D eigenvalue weighted by Gasteiger charge is 2.24. The van der Waals surface area contributed by atoms with Gasteiger partial charge in [-0.25, -0.2) is 4.98 Å². The molecule has 0 aliphatic carbocycles. The first-order valence-corrected chi connectivity index (χ1v) is 4.38. The van der Waals surface area contributed by atoms with Gasteiger partial charge in [-0.05, 0) is 0 Å². The number of fused-ring (bicyclic) bond motifs is 3. The molecular weight excluding hydrogens is 180 g/mol. The summed E-state index contributed by atoms with van der Waals surface area (Å²) in [5.41, 5.74) is 1.02. The summed E-state index contributed by atoms with van der Waals surface area (Å²) >= 11 is 0. The van der Waals surface area contributed by atoms with Gasteiger partial charge in [0.2, 0.25) is 0 Å². The Bertz CT molecular complexity index is 482. The molecule has 0 saturated carbocycles. The van der Waals surface area contributed by atoms with E-state index in [9.17, 15) is 0 Å². The molecule has 0 saturated heterocycles. The van der Waals surface area contributed by atoms with E-state index in [4.69, 9.17) is 0 Å². The van der Waals surface area contributed by atoms with E-state index in [1.165, 1.54) is 0 Å². The molecule has 0 aromatic carbocycles. The van der Waals surface area contributed by atoms with E-state index in [-0.39, 0.29) is 0 Å². The van der Waals surface area contributed by atoms with Crippen LogP contribution in [0.2, 0.25) is 0 Å². The standard InChI is InChI=1S/C8H10N6/c1-12-3-9-7-6(12)8-11-10-4-14(8)5-13(7)2/h3-4H,5H2,1-2H3. The number of imidazole rings is 1. The van der Waals surface area contributed by atoms with Crippen LogP contribution in [0.15, 0.2) is 12.7 Å². The van der Waals surface area contributed by atoms with Gasteiger partial charge in [-0.15, -0.1) is 10.2 Å². The minimum atomic E-state index is 0.756. The van der Waals surface area contributed by atoms with Crippen LogP contribution in [0.1, 0.15) is 0 Å². The number of aryl methyl sites for hydroxylation is 1. The molecule has 2 aromatic rings. The smallest absolute Gasteiger partial charge is 0.185 e. The fourth-order valence-electron chi connectivity index (χ4n) is 1.79. The number of rotatable bonds is 0. The van der Waals surface area contributed by atoms with Gasteiger partial charge in [0.15, 0.2) is 11.6 Å². The van der Waals surface area contributed by atoms with Gasteiger partial charge < -0.3 is 9.47 Å². The average molecular weight is 190 g/mol. The largest absolute Gasteiger partial charge is 0.340 e. The SMILES string of the molecule is CN1Cn2cnnc2-c2c1ncn2C. The third kappa shape index (κ3) is 0.773. The topological polar surface area (TPSA) is 51.8 Å². The molecule has 0 unspecified atom stereocenters. The van der Waals surface area contributed by atoms with E-state index in [1.807, 2.05) is 23.2 Å². The van der Waals surface area contributed by atoms with Crippen LogP contribution in [0.25, 0.3) is 11.5 Å². The Morgan fingerprint density at radius 1 is 1.29 bits per heavy atom. The van der Waals surface area contributed by atoms with Crippen molar-refractivity contribution >= 4 is 5.82 Å². The molecule has 0 N–H and O–H groups in total. The maximum atomic E-state index is 4.32. The van der Waals surface area contributed by atoms with Crippen LogP contribution in [0.4, 0.5) is 5.82 Å². The van der Waals surface area contributed by atoms with Crippen molar-refractivity contribution in [2.45, 2.75) is 6.67 Å². The lowest BCUT2D eigenvalue weighted by atomic mass is 10.3. The molecule has 0 atom stereocenters. The highest BCUT2D eigenvalue weighted by Crippen LogP contribution is 2.31. The van der Waals surface area contributed by atoms with Crippen molar-refractivity contribution in [2.75, 3.05) is 11.9 Å². The van der Waals surface area contributed by atoms with Crippen LogP contribution in [0.3, 0.4) is 0 Å². The van der Waals surface area contributed by atoms with E-state index in [0.29, 0.717) is 0 Å². The van der Waals surface area contributed by atoms with Crippen molar-refractivity contribution in [3.8, 4) is 11.5 Å². The maximum Gasteiger partial charge on any atom is 0.185 e. The van der Waals surface area contributed by atoms with Crippen molar-refractivity contribution < 1.29 is 0 Å². The van der Waals surface area contributed by atoms with E-state index < -0.39 is 0 Å². The van der Waals surface area contributed by atoms with E-state index in [1.54, 1.807) is 12.7 Å². The van der Waals surface area contributed by atoms with Gasteiger partial charge in [0.1, 0.15) is 12.0 Å². The maximum absolute atomic E-state index is 4.32. The fourth-order valence-corrected chi connectivity index (χ4v) is 1.79. The van der Waals surface area contributed by atoms with Crippen LogP contribution in [-0.4, -0.2) is 31.4 Å². The molecule has 0 spiro atoms. The molecule has 0 fully saturated rings. The number of hydrogen-bond donors (Lipinski definition) is 0. The lowest BCUT2D eigenvalue weighted by Gasteiger charge is -2.24. The second-order valence-corrected chi connectivity index (χ2v) is 3.49. The number of anilines is 1. The number of hydrogen-bond acceptors (Lipinski definition) is 4. The monoisotopic (exact) mass is 190 g/mol. The quantitative estimate of drug-likeness (QED) is 0.590. The number of aromatic nitrogens is 5. The fraction of sp³-hybridized carbons (Fsp3) is 0.375. The van der Waals surface area contributed by atoms with Gasteiger partial charge in [0.05, 0.1) is 13.0 Å². The Labute approximate surface area is 80.8 Å². The zero-order chi connectivity index (χ0) is 9.71. The summed E-state index contributed by atoms with van der Waals surface area (Å²) in [6.07, 6.45) is 3.54. The normalized spacial score (nSPS) is 14.0. The van der Waals surface area contributed by atoms with Gasteiger partial charge in [0, 0.05) is 14.1 Å². The lowest BCUT2D eigenvalue weighted by molar-refractivity contribution is 0.662. The molecule has 3 heterocycles. The van der Waals surface area contributed by atoms with Crippen molar-refractivity contribution in [1.82, 2.24) is 24.3 Å². The van der Waals surface area contributed by atoms with Crippen molar-refractivity contribution in [2.24, 2.45) is 7.05 Å². The Morgan fingerprint density at radius 2 is 2.14 bits per heavy atom. The average Bonchev–Trinajstić information content (AvgIpc) is 2.71. The minimum Gasteiger partial charge on any atom is -0.340 e. The summed E-state index contributed by atoms with van der Waals surface area (Å²) in [4.78, 5) is 6.40. The minimum absolute atomic E-state index is 0.756. The van der Waals surface area contributed by atoms with Gasteiger partial charge in [-0.3, -0.25) is 4.57 Å². The molecule has 0 amide bonds. The van der Waals surface area contributed by atoms with Crippen LogP contribution >= 0.6 is 0 Å². The highest BCUT2D eigenvalue weighted by atomic mass is 15.4. The summed E-state index contributed by atoms with van der Waals surface area (Å²) in [5.74, 6) is 1.85. The van der Waals surface area contributed by atoms with Crippen LogP contribution in [-0.2, 0) is 13.7 Å². The first-order chi connectivity index (χ1) is 6.77. The molecule has 0 radical (unpaired) electrons. The Hall–Kier alpha value is -1.85. The molecular formula is C8H10N6. The zero-order valence-corrected chi connectivity index (χ0v) is 8.05. The summed E-state index contributed by atoms with van der Waals surface area (Å²) in [5, 5.41) is 7.99. The summed E-state index contributed by atoms with van der Waals surface area (Å²) in [7, 11) is 3.97. The van der Waals surface area contributed by atoms with E-state index >= 15 is 0 Å². The third-order valence-corrected chi connectivity index (χ3v) is 2.47. The molecule has 1 aliphatic rings. The Balaban J connectivity index is 2.33. The molecule has 0 bridgehead atoms. The van der Waals surface area contributed by atoms with E-state index in [2.05, 4.69) is 20.1 Å². The Morgan fingerprint density at radius 3 is 3.00 bits per heavy atom. The molecule has 6 nitrogen and oxygen atoms in total. The molecule has 1 aliphatic heterocycles. The second kappa shape index (κ2) is 2.34. The summed E-state index contributed by atoms with van der Waals surface area (Å²) in [6.45, 7) is 0.756. The van der Waals surface area contributed by atoms with Gasteiger partial charge in [-0.2, -0.15) is 0 Å². The molecule has 6 heteroatoms. The molecule has 14 heavy (non-hydrogen) atoms. The van der Waals surface area contributed by atoms with Gasteiger partial charge in [-0.1, -0.05) is 0 Å². The second-order valence-electron chi connectivity index (χ2n) is 3.49. The first-order valence-electron chi connectivity index (χ1n) is 4.38. The van der Waals surface area contributed by atoms with Crippen LogP contribution in [0, 0.1) is 0 Å².